The molecule has 0 bridgehead atoms. The highest BCUT2D eigenvalue weighted by molar-refractivity contribution is 6.00. The predicted octanol–water partition coefficient (Wildman–Crippen LogP) is 5.53. The maximum absolute atomic E-state index is 13.3. The zero-order valence-corrected chi connectivity index (χ0v) is 29.4. The van der Waals surface area contributed by atoms with Crippen LogP contribution in [-0.4, -0.2) is 68.8 Å². The number of nitrogens with one attached hydrogen (secondary N) is 2. The molecule has 4 amide bonds. The quantitative estimate of drug-likeness (QED) is 0.161. The van der Waals surface area contributed by atoms with Crippen LogP contribution in [0.4, 0.5) is 11.4 Å². The fourth-order valence-electron chi connectivity index (χ4n) is 6.90. The second-order valence-electron chi connectivity index (χ2n) is 13.7. The van der Waals surface area contributed by atoms with Gasteiger partial charge in [0.05, 0.1) is 0 Å². The normalized spacial score (nSPS) is 19.5. The van der Waals surface area contributed by atoms with Crippen LogP contribution in [0.1, 0.15) is 61.8 Å². The number of amides is 4. The number of hydrogen-bond acceptors (Lipinski definition) is 6. The lowest BCUT2D eigenvalue weighted by Crippen LogP contribution is -2.50. The first kappa shape index (κ1) is 36.2. The van der Waals surface area contributed by atoms with Crippen molar-refractivity contribution in [3.8, 4) is 0 Å². The average Bonchev–Trinajstić information content (AvgIpc) is 3.86. The van der Waals surface area contributed by atoms with Crippen LogP contribution in [-0.2, 0) is 30.4 Å². The number of aliphatic hydroxyl groups is 2. The number of carbonyl (C=O) groups is 4. The zero-order chi connectivity index (χ0) is 36.9. The van der Waals surface area contributed by atoms with Gasteiger partial charge in [0, 0.05) is 24.5 Å². The minimum atomic E-state index is -1.74. The van der Waals surface area contributed by atoms with Gasteiger partial charge in [0.2, 0.25) is 11.8 Å². The number of nitrogens with zero attached hydrogens (tertiary/aromatic N) is 2. The average molecular weight is 701 g/mol. The Bertz CT molecular complexity index is 1780. The summed E-state index contributed by atoms with van der Waals surface area (Å²) in [7, 11) is 0. The SMILES string of the molecule is C[C@@](O)(C(=O)N1CCC[C@H]1C(=O)Nc1ccc(C=Cc2ccc(NC(=O)[C@@H]3CCCN3C(=O)[C@@](C)(O)c3ccccc3)cc2)cc1)c1ccccc1. The molecule has 0 aromatic heterocycles. The molecule has 0 unspecified atom stereocenters. The number of rotatable bonds is 10. The smallest absolute Gasteiger partial charge is 0.259 e. The lowest BCUT2D eigenvalue weighted by Gasteiger charge is -2.31. The van der Waals surface area contributed by atoms with Gasteiger partial charge in [0.1, 0.15) is 12.1 Å². The van der Waals surface area contributed by atoms with Crippen molar-refractivity contribution in [2.75, 3.05) is 23.7 Å². The van der Waals surface area contributed by atoms with Gasteiger partial charge in [-0.3, -0.25) is 19.2 Å². The number of anilines is 2. The number of hydrogen-bond donors (Lipinski definition) is 4. The molecule has 268 valence electrons. The summed E-state index contributed by atoms with van der Waals surface area (Å²) < 4.78 is 0. The Morgan fingerprint density at radius 1 is 0.577 bits per heavy atom. The van der Waals surface area contributed by atoms with Crippen molar-refractivity contribution >= 4 is 47.2 Å². The van der Waals surface area contributed by atoms with Gasteiger partial charge in [-0.15, -0.1) is 0 Å². The van der Waals surface area contributed by atoms with Crippen LogP contribution in [0.3, 0.4) is 0 Å². The second-order valence-corrected chi connectivity index (χ2v) is 13.7. The van der Waals surface area contributed by atoms with Gasteiger partial charge in [-0.1, -0.05) is 97.1 Å². The fraction of sp³-hybridized carbons (Fsp3) is 0.286. The van der Waals surface area contributed by atoms with Gasteiger partial charge in [-0.05, 0) is 86.1 Å². The molecule has 0 spiro atoms. The number of carbonyl (C=O) groups excluding carboxylic acids is 4. The summed E-state index contributed by atoms with van der Waals surface area (Å²) in [5, 5.41) is 28.0. The Kier molecular flexibility index (Phi) is 10.7. The van der Waals surface area contributed by atoms with Gasteiger partial charge >= 0.3 is 0 Å². The van der Waals surface area contributed by atoms with E-state index in [1.807, 2.05) is 48.6 Å². The van der Waals surface area contributed by atoms with Crippen LogP contribution < -0.4 is 10.6 Å². The molecule has 0 radical (unpaired) electrons. The third-order valence-electron chi connectivity index (χ3n) is 9.96. The maximum atomic E-state index is 13.3. The van der Waals surface area contributed by atoms with Crippen molar-refractivity contribution in [1.29, 1.82) is 0 Å². The van der Waals surface area contributed by atoms with E-state index in [1.165, 1.54) is 23.6 Å². The topological polar surface area (TPSA) is 139 Å². The molecule has 4 N–H and O–H groups in total. The largest absolute Gasteiger partial charge is 0.376 e. The van der Waals surface area contributed by atoms with Crippen LogP contribution in [0, 0.1) is 0 Å². The van der Waals surface area contributed by atoms with E-state index in [0.29, 0.717) is 61.3 Å². The van der Waals surface area contributed by atoms with E-state index in [0.717, 1.165) is 11.1 Å². The molecule has 52 heavy (non-hydrogen) atoms. The van der Waals surface area contributed by atoms with Gasteiger partial charge in [0.15, 0.2) is 11.2 Å². The van der Waals surface area contributed by atoms with E-state index in [4.69, 9.17) is 0 Å². The fourth-order valence-corrected chi connectivity index (χ4v) is 6.90. The van der Waals surface area contributed by atoms with Crippen LogP contribution in [0.15, 0.2) is 109 Å². The van der Waals surface area contributed by atoms with E-state index < -0.39 is 35.1 Å². The van der Waals surface area contributed by atoms with Crippen molar-refractivity contribution < 1.29 is 29.4 Å². The molecule has 2 saturated heterocycles. The predicted molar refractivity (Wildman–Crippen MR) is 201 cm³/mol. The minimum Gasteiger partial charge on any atom is -0.376 e. The molecule has 0 aliphatic carbocycles. The Morgan fingerprint density at radius 3 is 1.27 bits per heavy atom. The van der Waals surface area contributed by atoms with Crippen molar-refractivity contribution in [3.05, 3.63) is 131 Å². The van der Waals surface area contributed by atoms with Gasteiger partial charge < -0.3 is 30.6 Å². The molecule has 2 heterocycles. The third-order valence-corrected chi connectivity index (χ3v) is 9.96. The molecular weight excluding hydrogens is 656 g/mol. The zero-order valence-electron chi connectivity index (χ0n) is 29.4. The van der Waals surface area contributed by atoms with Crippen LogP contribution in [0.5, 0.6) is 0 Å². The van der Waals surface area contributed by atoms with Crippen LogP contribution in [0.2, 0.25) is 0 Å². The van der Waals surface area contributed by atoms with E-state index in [9.17, 15) is 29.4 Å². The summed E-state index contributed by atoms with van der Waals surface area (Å²) in [4.78, 5) is 56.1. The lowest BCUT2D eigenvalue weighted by atomic mass is 9.94. The Labute approximate surface area is 303 Å². The maximum Gasteiger partial charge on any atom is 0.259 e. The first-order valence-corrected chi connectivity index (χ1v) is 17.6. The summed E-state index contributed by atoms with van der Waals surface area (Å²) >= 11 is 0. The minimum absolute atomic E-state index is 0.295. The van der Waals surface area contributed by atoms with Crippen molar-refractivity contribution in [2.24, 2.45) is 0 Å². The first-order valence-electron chi connectivity index (χ1n) is 17.6. The van der Waals surface area contributed by atoms with Crippen molar-refractivity contribution in [3.63, 3.8) is 0 Å². The van der Waals surface area contributed by atoms with Gasteiger partial charge in [-0.25, -0.2) is 0 Å². The highest BCUT2D eigenvalue weighted by Crippen LogP contribution is 2.30. The summed E-state index contributed by atoms with van der Waals surface area (Å²) in [5.74, 6) is -1.57. The molecule has 4 atom stereocenters. The summed E-state index contributed by atoms with van der Waals surface area (Å²) in [6.45, 7) is 3.73. The van der Waals surface area contributed by atoms with Gasteiger partial charge in [-0.2, -0.15) is 0 Å². The van der Waals surface area contributed by atoms with Crippen molar-refractivity contribution in [2.45, 2.75) is 62.8 Å². The number of benzene rings is 4. The highest BCUT2D eigenvalue weighted by atomic mass is 16.3. The third kappa shape index (κ3) is 7.83. The molecule has 4 aromatic rings. The van der Waals surface area contributed by atoms with Crippen LogP contribution >= 0.6 is 0 Å². The summed E-state index contributed by atoms with van der Waals surface area (Å²) in [6.07, 6.45) is 6.24. The molecule has 2 fully saturated rings. The van der Waals surface area contributed by atoms with Crippen LogP contribution in [0.25, 0.3) is 12.2 Å². The molecule has 10 nitrogen and oxygen atoms in total. The molecule has 2 aliphatic rings. The second kappa shape index (κ2) is 15.3. The van der Waals surface area contributed by atoms with Crippen molar-refractivity contribution in [1.82, 2.24) is 9.80 Å². The standard InChI is InChI=1S/C42H44N4O6/c1-41(51,31-11-5-3-6-12-31)39(49)45-27-9-15-35(45)37(47)43-33-23-19-29(20-24-33)17-18-30-21-25-34(26-22-30)44-38(48)36-16-10-28-46(36)40(50)42(2,52)32-13-7-4-8-14-32/h3-8,11-14,17-26,35-36,51-52H,9-10,15-16,27-28H2,1-2H3,(H,43,47)(H,44,48)/t35-,36-,41-,42-/m0/s1. The van der Waals surface area contributed by atoms with E-state index in [-0.39, 0.29) is 11.8 Å². The molecule has 0 saturated carbocycles. The molecule has 2 aliphatic heterocycles. The van der Waals surface area contributed by atoms with E-state index in [1.54, 1.807) is 72.8 Å². The molecule has 6 rings (SSSR count). The highest BCUT2D eigenvalue weighted by Gasteiger charge is 2.44. The summed E-state index contributed by atoms with van der Waals surface area (Å²) in [6, 6.07) is 30.8. The molecular formula is C42H44N4O6. The lowest BCUT2D eigenvalue weighted by molar-refractivity contribution is -0.153. The molecule has 10 heteroatoms. The van der Waals surface area contributed by atoms with Gasteiger partial charge in [0.25, 0.3) is 11.8 Å². The Hall–Kier alpha value is -5.58. The Morgan fingerprint density at radius 2 is 0.923 bits per heavy atom. The van der Waals surface area contributed by atoms with E-state index >= 15 is 0 Å². The monoisotopic (exact) mass is 700 g/mol. The first-order chi connectivity index (χ1) is 24.9. The number of likely N-dealkylation sites (tertiary alicyclic amines) is 2. The van der Waals surface area contributed by atoms with E-state index in [2.05, 4.69) is 10.6 Å². The summed E-state index contributed by atoms with van der Waals surface area (Å²) in [5.41, 5.74) is 0.498. The Balaban J connectivity index is 1.02. The molecule has 4 aromatic carbocycles.